The fourth-order valence-corrected chi connectivity index (χ4v) is 1.57. The maximum atomic E-state index is 8.87. The van der Waals surface area contributed by atoms with Crippen molar-refractivity contribution in [3.05, 3.63) is 10.6 Å². The number of rotatable bonds is 1. The third kappa shape index (κ3) is 21.4. The summed E-state index contributed by atoms with van der Waals surface area (Å²) < 4.78 is 11.3. The van der Waals surface area contributed by atoms with Crippen molar-refractivity contribution in [1.29, 1.82) is 0 Å². The van der Waals surface area contributed by atoms with E-state index in [4.69, 9.17) is 14.7 Å². The Morgan fingerprint density at radius 1 is 1.31 bits per heavy atom. The third-order valence-electron chi connectivity index (χ3n) is 1.71. The van der Waals surface area contributed by atoms with E-state index in [1.165, 1.54) is 95.3 Å². The molecule has 1 aliphatic carbocycles. The molecule has 1 aliphatic rings. The van der Waals surface area contributed by atoms with Crippen LogP contribution in [0.15, 0.2) is 10.6 Å². The second-order valence-corrected chi connectivity index (χ2v) is 3.68. The van der Waals surface area contributed by atoms with Gasteiger partial charge in [0.2, 0.25) is 0 Å². The van der Waals surface area contributed by atoms with E-state index in [1.54, 1.807) is 5.57 Å². The second kappa shape index (κ2) is 22.4. The Morgan fingerprint density at radius 3 is 1.88 bits per heavy atom. The summed E-state index contributed by atoms with van der Waals surface area (Å²) in [5.41, 5.74) is 1.59. The van der Waals surface area contributed by atoms with Gasteiger partial charge in [-0.2, -0.15) is 0 Å². The molecular weight excluding hydrogens is 376 g/mol. The van der Waals surface area contributed by atoms with Crippen LogP contribution in [0.2, 0.25) is 0 Å². The SMILES string of the molecule is BrC=C1CCCCC1.O=[P+]([O-])O[O-].[K+].[K][K]. The van der Waals surface area contributed by atoms with Crippen LogP contribution >= 0.6 is 24.2 Å². The molecule has 9 heteroatoms. The van der Waals surface area contributed by atoms with Crippen LogP contribution in [0, 0.1) is 0 Å². The van der Waals surface area contributed by atoms with Crippen LogP contribution in [0.1, 0.15) is 32.1 Å². The minimum atomic E-state index is -3.15. The normalized spacial score (nSPS) is 14.4. The van der Waals surface area contributed by atoms with Crippen LogP contribution in [0.3, 0.4) is 0 Å². The molecule has 0 N–H and O–H groups in total. The van der Waals surface area contributed by atoms with Crippen molar-refractivity contribution in [2.75, 3.05) is 0 Å². The van der Waals surface area contributed by atoms with Gasteiger partial charge in [0, 0.05) is 0 Å². The van der Waals surface area contributed by atoms with Crippen LogP contribution in [-0.2, 0) is 9.24 Å². The second-order valence-electron chi connectivity index (χ2n) is 2.63. The Labute approximate surface area is 194 Å². The summed E-state index contributed by atoms with van der Waals surface area (Å²) in [4.78, 5) is 11.0. The van der Waals surface area contributed by atoms with E-state index >= 15 is 0 Å². The van der Waals surface area contributed by atoms with Crippen molar-refractivity contribution in [3.8, 4) is 0 Å². The van der Waals surface area contributed by atoms with E-state index in [9.17, 15) is 0 Å². The van der Waals surface area contributed by atoms with E-state index in [2.05, 4.69) is 25.6 Å². The zero-order valence-corrected chi connectivity index (χ0v) is 21.9. The van der Waals surface area contributed by atoms with Gasteiger partial charge in [-0.3, -0.25) is 0 Å². The van der Waals surface area contributed by atoms with Crippen LogP contribution in [-0.4, -0.2) is 63.2 Å². The first-order valence-corrected chi connectivity index (χ1v) is 22.9. The summed E-state index contributed by atoms with van der Waals surface area (Å²) in [5.74, 6) is 0. The first-order chi connectivity index (χ1) is 7.20. The molecule has 78 valence electrons. The van der Waals surface area contributed by atoms with Crippen molar-refractivity contribution in [2.45, 2.75) is 32.1 Å². The summed E-state index contributed by atoms with van der Waals surface area (Å²) in [6.45, 7) is 0. The fourth-order valence-electron chi connectivity index (χ4n) is 1.12. The van der Waals surface area contributed by atoms with Gasteiger partial charge in [0.25, 0.3) is 0 Å². The van der Waals surface area contributed by atoms with Crippen LogP contribution in [0.4, 0.5) is 0 Å². The van der Waals surface area contributed by atoms with Crippen molar-refractivity contribution in [2.24, 2.45) is 0 Å². The Bertz CT molecular complexity index is 186. The molecule has 0 bridgehead atoms. The monoisotopic (exact) mass is 386 g/mol. The molecule has 0 saturated heterocycles. The molecule has 1 unspecified atom stereocenters. The topological polar surface area (TPSA) is 72.4 Å². The molecule has 0 heterocycles. The van der Waals surface area contributed by atoms with Crippen LogP contribution in [0.5, 0.6) is 0 Å². The molecule has 16 heavy (non-hydrogen) atoms. The number of hydrogen-bond donors (Lipinski definition) is 0. The Balaban J connectivity index is -0.000000187. The molecule has 0 aromatic carbocycles. The number of hydrogen-bond acceptors (Lipinski definition) is 4. The first kappa shape index (κ1) is 26.0. The van der Waals surface area contributed by atoms with Gasteiger partial charge < -0.3 is 10.2 Å². The summed E-state index contributed by atoms with van der Waals surface area (Å²) >= 11 is 5.85. The quantitative estimate of drug-likeness (QED) is 0.221. The Kier molecular flexibility index (Phi) is 36.4. The molecule has 0 radical (unpaired) electrons. The summed E-state index contributed by atoms with van der Waals surface area (Å²) in [7, 11) is -3.15. The van der Waals surface area contributed by atoms with Gasteiger partial charge in [0.05, 0.1) is 0 Å². The molecule has 0 aromatic heterocycles. The average molecular weight is 387 g/mol. The van der Waals surface area contributed by atoms with Crippen molar-refractivity contribution in [3.63, 3.8) is 0 Å². The van der Waals surface area contributed by atoms with E-state index in [0.717, 1.165) is 0 Å². The molecule has 1 fully saturated rings. The third-order valence-corrected chi connectivity index (χ3v) is 2.48. The molecule has 0 aromatic rings. The molecule has 0 aliphatic heterocycles. The van der Waals surface area contributed by atoms with Gasteiger partial charge in [0.1, 0.15) is 0 Å². The van der Waals surface area contributed by atoms with Crippen molar-refractivity contribution in [1.82, 2.24) is 0 Å². The average Bonchev–Trinajstić information content (AvgIpc) is 2.33. The summed E-state index contributed by atoms with van der Waals surface area (Å²) in [6.07, 6.45) is 6.88. The summed E-state index contributed by atoms with van der Waals surface area (Å²) in [5, 5.41) is 8.53. The zero-order valence-electron chi connectivity index (χ0n) is 10.1. The predicted octanol–water partition coefficient (Wildman–Crippen LogP) is -2.23. The van der Waals surface area contributed by atoms with Crippen molar-refractivity contribution >= 4 is 87.3 Å². The van der Waals surface area contributed by atoms with E-state index in [1.807, 2.05) is 0 Å². The fraction of sp³-hybridized carbons (Fsp3) is 0.714. The van der Waals surface area contributed by atoms with Gasteiger partial charge in [-0.05, 0) is 35.2 Å². The first-order valence-electron chi connectivity index (χ1n) is 4.93. The van der Waals surface area contributed by atoms with Gasteiger partial charge in [-0.1, -0.05) is 27.9 Å². The predicted molar refractivity (Wildman–Crippen MR) is 60.3 cm³/mol. The van der Waals surface area contributed by atoms with Crippen LogP contribution in [0.25, 0.3) is 0 Å². The number of halogens is 1. The molecule has 0 amide bonds. The Morgan fingerprint density at radius 2 is 1.69 bits per heavy atom. The zero-order chi connectivity index (χ0) is 12.1. The van der Waals surface area contributed by atoms with Gasteiger partial charge in [0.15, 0.2) is 0 Å². The van der Waals surface area contributed by atoms with E-state index in [-0.39, 0.29) is 51.4 Å². The molecule has 0 spiro atoms. The maximum absolute atomic E-state index is 8.87. The minimum absolute atomic E-state index is 0. The van der Waals surface area contributed by atoms with Crippen molar-refractivity contribution < 1.29 is 70.8 Å². The molecular formula is C7H11BrK3O4P. The molecule has 4 nitrogen and oxygen atoms in total. The van der Waals surface area contributed by atoms with Gasteiger partial charge in [-0.15, -0.1) is 0 Å². The molecule has 1 saturated carbocycles. The molecule has 1 rings (SSSR count). The number of allylic oxidation sites excluding steroid dienone is 1. The van der Waals surface area contributed by atoms with Gasteiger partial charge in [-0.25, -0.2) is 4.67 Å². The molecule has 1 atom stereocenters. The summed E-state index contributed by atoms with van der Waals surface area (Å²) in [6, 6.07) is 0. The van der Waals surface area contributed by atoms with E-state index < -0.39 is 8.25 Å². The van der Waals surface area contributed by atoms with Crippen LogP contribution < -0.4 is 61.5 Å². The standard InChI is InChI=1S/C7H11Br.3K.HO4P/c8-6-7-4-2-1-3-5-7;;;;1-4-5(2)3/h6H,1-5H2;;;;1H/q;;;+1;/p-1. The van der Waals surface area contributed by atoms with E-state index in [0.29, 0.717) is 0 Å². The van der Waals surface area contributed by atoms with Gasteiger partial charge >= 0.3 is 123 Å². The Hall–Kier alpha value is 5.11.